The van der Waals surface area contributed by atoms with E-state index in [1.165, 1.54) is 38.6 Å². The first-order chi connectivity index (χ1) is 20.2. The van der Waals surface area contributed by atoms with Crippen molar-refractivity contribution in [2.24, 2.45) is 5.10 Å². The second kappa shape index (κ2) is 13.8. The molecule has 0 heterocycles. The average molecular weight is 653 g/mol. The van der Waals surface area contributed by atoms with Gasteiger partial charge in [0.2, 0.25) is 0 Å². The summed E-state index contributed by atoms with van der Waals surface area (Å²) in [7, 11) is -1.07. The van der Waals surface area contributed by atoms with Crippen molar-refractivity contribution in [3.63, 3.8) is 0 Å². The van der Waals surface area contributed by atoms with E-state index in [1.807, 2.05) is 0 Å². The van der Waals surface area contributed by atoms with Gasteiger partial charge in [-0.15, -0.1) is 0 Å². The van der Waals surface area contributed by atoms with Crippen molar-refractivity contribution < 1.29 is 32.2 Å². The molecule has 0 aliphatic heterocycles. The number of benzene rings is 4. The Morgan fingerprint density at radius 3 is 2.26 bits per heavy atom. The maximum Gasteiger partial charge on any atom is 0.343 e. The number of carbonyl (C=O) groups is 2. The second-order valence-corrected chi connectivity index (χ2v) is 11.4. The Morgan fingerprint density at radius 2 is 1.60 bits per heavy atom. The lowest BCUT2D eigenvalue weighted by molar-refractivity contribution is -0.119. The summed E-state index contributed by atoms with van der Waals surface area (Å²) < 4.78 is 44.2. The topological polar surface area (TPSA) is 124 Å². The lowest BCUT2D eigenvalue weighted by atomic mass is 10.2. The lowest BCUT2D eigenvalue weighted by Crippen LogP contribution is -2.39. The van der Waals surface area contributed by atoms with Crippen LogP contribution in [0.5, 0.6) is 17.2 Å². The highest BCUT2D eigenvalue weighted by Crippen LogP contribution is 2.28. The Morgan fingerprint density at radius 1 is 0.881 bits per heavy atom. The Kier molecular flexibility index (Phi) is 9.94. The Labute approximate surface area is 251 Å². The molecule has 10 nitrogen and oxygen atoms in total. The number of nitrogens with one attached hydrogen (secondary N) is 1. The van der Waals surface area contributed by atoms with Crippen LogP contribution in [0.4, 0.5) is 5.69 Å². The number of anilines is 1. The van der Waals surface area contributed by atoms with Crippen molar-refractivity contribution in [2.45, 2.75) is 4.90 Å². The number of methoxy groups -OCH3 is 2. The van der Waals surface area contributed by atoms with E-state index in [9.17, 15) is 18.0 Å². The third-order valence-corrected chi connectivity index (χ3v) is 8.11. The van der Waals surface area contributed by atoms with Crippen molar-refractivity contribution in [3.05, 3.63) is 113 Å². The van der Waals surface area contributed by atoms with E-state index < -0.39 is 28.4 Å². The number of rotatable bonds is 11. The molecule has 0 saturated heterocycles. The Hall–Kier alpha value is -4.68. The number of hydrazone groups is 1. The fraction of sp³-hybridized carbons (Fsp3) is 0.100. The van der Waals surface area contributed by atoms with Crippen LogP contribution in [0.2, 0.25) is 0 Å². The number of sulfonamides is 1. The number of ether oxygens (including phenoxy) is 3. The van der Waals surface area contributed by atoms with Crippen molar-refractivity contribution in [1.82, 2.24) is 5.43 Å². The molecule has 1 amide bonds. The predicted molar refractivity (Wildman–Crippen MR) is 162 cm³/mol. The first-order valence-electron chi connectivity index (χ1n) is 12.4. The monoisotopic (exact) mass is 651 g/mol. The van der Waals surface area contributed by atoms with Crippen molar-refractivity contribution in [3.8, 4) is 17.2 Å². The van der Waals surface area contributed by atoms with Gasteiger partial charge in [-0.3, -0.25) is 9.10 Å². The van der Waals surface area contributed by atoms with Gasteiger partial charge in [0, 0.05) is 4.47 Å². The molecule has 0 aliphatic carbocycles. The standard InChI is InChI=1S/C30H26BrN3O7S/c1-39-27-16-13-22(17-28(27)40-2)30(36)41-25-14-11-21(12-15-25)19-32-33-29(35)20-34(24-8-6-7-23(31)18-24)42(37,38)26-9-4-3-5-10-26/h3-19H,20H2,1-2H3,(H,33,35). The zero-order chi connectivity index (χ0) is 30.1. The number of amides is 1. The summed E-state index contributed by atoms with van der Waals surface area (Å²) in [5.41, 5.74) is 3.56. The molecular formula is C30H26BrN3O7S. The normalized spacial score (nSPS) is 11.1. The predicted octanol–water partition coefficient (Wildman–Crippen LogP) is 5.03. The average Bonchev–Trinajstić information content (AvgIpc) is 3.00. The molecule has 0 radical (unpaired) electrons. The SMILES string of the molecule is COc1ccc(C(=O)Oc2ccc(C=NNC(=O)CN(c3cccc(Br)c3)S(=O)(=O)c3ccccc3)cc2)cc1OC. The van der Waals surface area contributed by atoms with Crippen molar-refractivity contribution in [2.75, 3.05) is 25.1 Å². The first-order valence-corrected chi connectivity index (χ1v) is 14.6. The Balaban J connectivity index is 1.40. The van der Waals surface area contributed by atoms with Gasteiger partial charge in [0.05, 0.1) is 36.6 Å². The molecule has 42 heavy (non-hydrogen) atoms. The molecule has 0 atom stereocenters. The first kappa shape index (κ1) is 30.3. The summed E-state index contributed by atoms with van der Waals surface area (Å²) in [6.45, 7) is -0.504. The van der Waals surface area contributed by atoms with Gasteiger partial charge < -0.3 is 14.2 Å². The van der Waals surface area contributed by atoms with Gasteiger partial charge in [-0.1, -0.05) is 40.2 Å². The van der Waals surface area contributed by atoms with Gasteiger partial charge in [0.25, 0.3) is 15.9 Å². The molecule has 4 aromatic carbocycles. The number of nitrogens with zero attached hydrogens (tertiary/aromatic N) is 2. The third-order valence-electron chi connectivity index (χ3n) is 5.83. The van der Waals surface area contributed by atoms with Gasteiger partial charge in [0.1, 0.15) is 12.3 Å². The van der Waals surface area contributed by atoms with E-state index >= 15 is 0 Å². The molecule has 0 spiro atoms. The van der Waals surface area contributed by atoms with Gasteiger partial charge in [-0.25, -0.2) is 18.6 Å². The highest BCUT2D eigenvalue weighted by Gasteiger charge is 2.27. The van der Waals surface area contributed by atoms with Gasteiger partial charge in [-0.2, -0.15) is 5.10 Å². The number of esters is 1. The minimum Gasteiger partial charge on any atom is -0.493 e. The summed E-state index contributed by atoms with van der Waals surface area (Å²) in [5.74, 6) is -0.0375. The van der Waals surface area contributed by atoms with E-state index in [2.05, 4.69) is 26.5 Å². The van der Waals surface area contributed by atoms with Crippen LogP contribution in [-0.2, 0) is 14.8 Å². The number of hydrogen-bond donors (Lipinski definition) is 1. The van der Waals surface area contributed by atoms with E-state index in [0.717, 1.165) is 4.31 Å². The van der Waals surface area contributed by atoms with E-state index in [0.29, 0.717) is 33.0 Å². The summed E-state index contributed by atoms with van der Waals surface area (Å²) >= 11 is 3.35. The molecule has 0 aliphatic rings. The van der Waals surface area contributed by atoms with Crippen LogP contribution in [0.3, 0.4) is 0 Å². The molecule has 0 fully saturated rings. The fourth-order valence-corrected chi connectivity index (χ4v) is 5.58. The molecule has 4 aromatic rings. The van der Waals surface area contributed by atoms with E-state index in [1.54, 1.807) is 78.9 Å². The summed E-state index contributed by atoms with van der Waals surface area (Å²) in [6, 6.07) is 25.6. The van der Waals surface area contributed by atoms with Crippen LogP contribution in [-0.4, -0.2) is 47.3 Å². The molecule has 0 aromatic heterocycles. The zero-order valence-electron chi connectivity index (χ0n) is 22.6. The van der Waals surface area contributed by atoms with Crippen molar-refractivity contribution in [1.29, 1.82) is 0 Å². The Bertz CT molecular complexity index is 1700. The molecule has 0 unspecified atom stereocenters. The van der Waals surface area contributed by atoms with E-state index in [4.69, 9.17) is 14.2 Å². The molecule has 12 heteroatoms. The zero-order valence-corrected chi connectivity index (χ0v) is 25.0. The van der Waals surface area contributed by atoms with Crippen LogP contribution < -0.4 is 23.9 Å². The maximum atomic E-state index is 13.4. The summed E-state index contributed by atoms with van der Waals surface area (Å²) in [5, 5.41) is 3.95. The number of halogens is 1. The molecule has 4 rings (SSSR count). The van der Waals surface area contributed by atoms with Crippen LogP contribution in [0.25, 0.3) is 0 Å². The lowest BCUT2D eigenvalue weighted by Gasteiger charge is -2.23. The molecular weight excluding hydrogens is 626 g/mol. The fourth-order valence-electron chi connectivity index (χ4n) is 3.76. The smallest absolute Gasteiger partial charge is 0.343 e. The highest BCUT2D eigenvalue weighted by atomic mass is 79.9. The van der Waals surface area contributed by atoms with Crippen LogP contribution in [0.15, 0.2) is 112 Å². The van der Waals surface area contributed by atoms with Gasteiger partial charge in [-0.05, 0) is 78.4 Å². The molecule has 0 saturated carbocycles. The minimum atomic E-state index is -4.04. The number of hydrogen-bond acceptors (Lipinski definition) is 8. The van der Waals surface area contributed by atoms with Crippen LogP contribution >= 0.6 is 15.9 Å². The van der Waals surface area contributed by atoms with E-state index in [-0.39, 0.29) is 10.5 Å². The molecule has 1 N–H and O–H groups in total. The third kappa shape index (κ3) is 7.53. The summed E-state index contributed by atoms with van der Waals surface area (Å²) in [6.07, 6.45) is 1.38. The van der Waals surface area contributed by atoms with Crippen LogP contribution in [0, 0.1) is 0 Å². The summed E-state index contributed by atoms with van der Waals surface area (Å²) in [4.78, 5) is 25.4. The molecule has 216 valence electrons. The minimum absolute atomic E-state index is 0.0493. The number of carbonyl (C=O) groups excluding carboxylic acids is 2. The highest BCUT2D eigenvalue weighted by molar-refractivity contribution is 9.10. The molecule has 0 bridgehead atoms. The van der Waals surface area contributed by atoms with Crippen molar-refractivity contribution >= 4 is 49.7 Å². The second-order valence-electron chi connectivity index (χ2n) is 8.63. The largest absolute Gasteiger partial charge is 0.493 e. The maximum absolute atomic E-state index is 13.4. The van der Waals surface area contributed by atoms with Crippen LogP contribution in [0.1, 0.15) is 15.9 Å². The van der Waals surface area contributed by atoms with Gasteiger partial charge >= 0.3 is 5.97 Å². The van der Waals surface area contributed by atoms with Gasteiger partial charge in [0.15, 0.2) is 11.5 Å². The quantitative estimate of drug-likeness (QED) is 0.104.